The quantitative estimate of drug-likeness (QED) is 0.279. The van der Waals surface area contributed by atoms with Gasteiger partial charge in [-0.15, -0.1) is 24.0 Å². The van der Waals surface area contributed by atoms with Crippen molar-refractivity contribution in [1.29, 1.82) is 0 Å². The van der Waals surface area contributed by atoms with Crippen LogP contribution < -0.4 is 25.3 Å². The second-order valence-electron chi connectivity index (χ2n) is 6.84. The van der Waals surface area contributed by atoms with E-state index in [2.05, 4.69) is 15.3 Å². The highest BCUT2D eigenvalue weighted by Gasteiger charge is 2.18. The summed E-state index contributed by atoms with van der Waals surface area (Å²) < 4.78 is 17.3. The van der Waals surface area contributed by atoms with E-state index < -0.39 is 0 Å². The second kappa shape index (κ2) is 12.5. The van der Waals surface area contributed by atoms with Gasteiger partial charge in [-0.2, -0.15) is 0 Å². The highest BCUT2D eigenvalue weighted by Crippen LogP contribution is 2.29. The Morgan fingerprint density at radius 3 is 2.67 bits per heavy atom. The molecular formula is C22H31IN4O3. The molecule has 30 heavy (non-hydrogen) atoms. The van der Waals surface area contributed by atoms with Crippen LogP contribution >= 0.6 is 24.0 Å². The first-order valence-corrected chi connectivity index (χ1v) is 10.3. The molecule has 7 nitrogen and oxygen atoms in total. The van der Waals surface area contributed by atoms with Crippen LogP contribution in [0.3, 0.4) is 0 Å². The lowest BCUT2D eigenvalue weighted by molar-refractivity contribution is 0.199. The molecular weight excluding hydrogens is 495 g/mol. The van der Waals surface area contributed by atoms with Gasteiger partial charge in [-0.25, -0.2) is 9.98 Å². The molecule has 1 heterocycles. The number of aliphatic imine (C=N–C) groups is 1. The van der Waals surface area contributed by atoms with Crippen molar-refractivity contribution in [2.24, 2.45) is 10.7 Å². The Labute approximate surface area is 195 Å². The van der Waals surface area contributed by atoms with Gasteiger partial charge in [0.25, 0.3) is 0 Å². The van der Waals surface area contributed by atoms with Crippen LogP contribution in [0.15, 0.2) is 41.5 Å². The van der Waals surface area contributed by atoms with E-state index in [1.807, 2.05) is 44.2 Å². The summed E-state index contributed by atoms with van der Waals surface area (Å²) in [5.41, 5.74) is 7.77. The molecule has 0 radical (unpaired) electrons. The molecule has 0 bridgehead atoms. The minimum atomic E-state index is 0. The number of guanidine groups is 1. The Kier molecular flexibility index (Phi) is 9.99. The number of ether oxygens (including phenoxy) is 3. The first kappa shape index (κ1) is 24.0. The molecule has 0 saturated heterocycles. The molecule has 1 aromatic carbocycles. The summed E-state index contributed by atoms with van der Waals surface area (Å²) >= 11 is 0. The van der Waals surface area contributed by atoms with Gasteiger partial charge in [0.15, 0.2) is 5.96 Å². The van der Waals surface area contributed by atoms with Crippen molar-refractivity contribution >= 4 is 35.6 Å². The predicted octanol–water partition coefficient (Wildman–Crippen LogP) is 4.75. The van der Waals surface area contributed by atoms with Gasteiger partial charge in [0.1, 0.15) is 17.6 Å². The molecule has 2 aromatic rings. The highest BCUT2D eigenvalue weighted by molar-refractivity contribution is 14.0. The average Bonchev–Trinajstić information content (AvgIpc) is 3.23. The van der Waals surface area contributed by atoms with Crippen molar-refractivity contribution in [3.8, 4) is 17.4 Å². The SMILES string of the molecule is CCOc1ccc(OCC)c(NC(N)=NCc2cccnc2OC2CCCC2)c1.I. The number of hydrogen-bond acceptors (Lipinski definition) is 5. The maximum Gasteiger partial charge on any atom is 0.218 e. The molecule has 3 rings (SSSR count). The van der Waals surface area contributed by atoms with E-state index in [-0.39, 0.29) is 36.0 Å². The molecule has 0 spiro atoms. The van der Waals surface area contributed by atoms with E-state index in [9.17, 15) is 0 Å². The third-order valence-electron chi connectivity index (χ3n) is 4.67. The fourth-order valence-corrected chi connectivity index (χ4v) is 3.31. The minimum absolute atomic E-state index is 0. The molecule has 1 fully saturated rings. The van der Waals surface area contributed by atoms with E-state index in [0.717, 1.165) is 24.2 Å². The van der Waals surface area contributed by atoms with Gasteiger partial charge >= 0.3 is 0 Å². The molecule has 3 N–H and O–H groups in total. The number of pyridine rings is 1. The molecule has 1 aliphatic carbocycles. The van der Waals surface area contributed by atoms with Gasteiger partial charge in [0.2, 0.25) is 5.88 Å². The Morgan fingerprint density at radius 2 is 1.93 bits per heavy atom. The van der Waals surface area contributed by atoms with Crippen molar-refractivity contribution in [1.82, 2.24) is 4.98 Å². The molecule has 0 amide bonds. The molecule has 1 aromatic heterocycles. The number of nitrogens with one attached hydrogen (secondary N) is 1. The third kappa shape index (κ3) is 6.93. The van der Waals surface area contributed by atoms with Crippen molar-refractivity contribution in [3.63, 3.8) is 0 Å². The summed E-state index contributed by atoms with van der Waals surface area (Å²) in [5.74, 6) is 2.37. The van der Waals surface area contributed by atoms with Gasteiger partial charge in [0, 0.05) is 17.8 Å². The molecule has 1 saturated carbocycles. The zero-order valence-corrected chi connectivity index (χ0v) is 19.9. The number of halogens is 1. The lowest BCUT2D eigenvalue weighted by atomic mass is 10.2. The molecule has 1 aliphatic rings. The van der Waals surface area contributed by atoms with Crippen LogP contribution in [0.25, 0.3) is 0 Å². The fourth-order valence-electron chi connectivity index (χ4n) is 3.31. The number of hydrogen-bond donors (Lipinski definition) is 2. The smallest absolute Gasteiger partial charge is 0.218 e. The lowest BCUT2D eigenvalue weighted by Gasteiger charge is -2.15. The zero-order chi connectivity index (χ0) is 20.5. The van der Waals surface area contributed by atoms with E-state index in [1.54, 1.807) is 6.20 Å². The van der Waals surface area contributed by atoms with Crippen LogP contribution in [0, 0.1) is 0 Å². The molecule has 164 valence electrons. The number of aromatic nitrogens is 1. The minimum Gasteiger partial charge on any atom is -0.494 e. The van der Waals surface area contributed by atoms with Crippen LogP contribution in [-0.4, -0.2) is 30.3 Å². The standard InChI is InChI=1S/C22H30N4O3.HI/c1-3-27-18-11-12-20(28-4-2)19(14-18)26-22(23)25-15-16-8-7-13-24-21(16)29-17-9-5-6-10-17;/h7-8,11-14,17H,3-6,9-10,15H2,1-2H3,(H3,23,25,26);1H. The normalized spacial score (nSPS) is 14.1. The van der Waals surface area contributed by atoms with Gasteiger partial charge in [0.05, 0.1) is 25.4 Å². The van der Waals surface area contributed by atoms with Gasteiger partial charge < -0.3 is 25.3 Å². The number of anilines is 1. The number of benzene rings is 1. The molecule has 0 atom stereocenters. The van der Waals surface area contributed by atoms with Crippen LogP contribution in [-0.2, 0) is 6.54 Å². The first-order chi connectivity index (χ1) is 14.2. The van der Waals surface area contributed by atoms with E-state index in [4.69, 9.17) is 19.9 Å². The largest absolute Gasteiger partial charge is 0.494 e. The topological polar surface area (TPSA) is 91.0 Å². The maximum absolute atomic E-state index is 6.14. The molecule has 8 heteroatoms. The number of rotatable bonds is 9. The summed E-state index contributed by atoms with van der Waals surface area (Å²) in [6.45, 7) is 5.40. The Morgan fingerprint density at radius 1 is 1.17 bits per heavy atom. The van der Waals surface area contributed by atoms with Crippen molar-refractivity contribution in [2.75, 3.05) is 18.5 Å². The van der Waals surface area contributed by atoms with Crippen molar-refractivity contribution < 1.29 is 14.2 Å². The Hall–Kier alpha value is -2.23. The average molecular weight is 526 g/mol. The summed E-state index contributed by atoms with van der Waals surface area (Å²) in [6.07, 6.45) is 6.58. The van der Waals surface area contributed by atoms with Gasteiger partial charge in [-0.05, 0) is 57.7 Å². The summed E-state index contributed by atoms with van der Waals surface area (Å²) in [4.78, 5) is 8.85. The molecule has 0 aliphatic heterocycles. The summed E-state index contributed by atoms with van der Waals surface area (Å²) in [5, 5.41) is 3.12. The van der Waals surface area contributed by atoms with Crippen LogP contribution in [0.1, 0.15) is 45.1 Å². The summed E-state index contributed by atoms with van der Waals surface area (Å²) in [7, 11) is 0. The number of nitrogens with two attached hydrogens (primary N) is 1. The molecule has 0 unspecified atom stereocenters. The van der Waals surface area contributed by atoms with Crippen molar-refractivity contribution in [2.45, 2.75) is 52.2 Å². The Balaban J connectivity index is 0.00000320. The first-order valence-electron chi connectivity index (χ1n) is 10.3. The van der Waals surface area contributed by atoms with E-state index in [1.165, 1.54) is 12.8 Å². The second-order valence-corrected chi connectivity index (χ2v) is 6.84. The van der Waals surface area contributed by atoms with E-state index >= 15 is 0 Å². The Bertz CT molecular complexity index is 826. The third-order valence-corrected chi connectivity index (χ3v) is 4.67. The number of nitrogens with zero attached hydrogens (tertiary/aromatic N) is 2. The summed E-state index contributed by atoms with van der Waals surface area (Å²) in [6, 6.07) is 9.44. The fraction of sp³-hybridized carbons (Fsp3) is 0.455. The van der Waals surface area contributed by atoms with Crippen molar-refractivity contribution in [3.05, 3.63) is 42.1 Å². The van der Waals surface area contributed by atoms with E-state index in [0.29, 0.717) is 37.1 Å². The monoisotopic (exact) mass is 526 g/mol. The van der Waals surface area contributed by atoms with Crippen LogP contribution in [0.4, 0.5) is 5.69 Å². The van der Waals surface area contributed by atoms with Crippen LogP contribution in [0.2, 0.25) is 0 Å². The predicted molar refractivity (Wildman–Crippen MR) is 130 cm³/mol. The van der Waals surface area contributed by atoms with Gasteiger partial charge in [-0.3, -0.25) is 0 Å². The zero-order valence-electron chi connectivity index (χ0n) is 17.6. The van der Waals surface area contributed by atoms with Gasteiger partial charge in [-0.1, -0.05) is 6.07 Å². The highest BCUT2D eigenvalue weighted by atomic mass is 127. The van der Waals surface area contributed by atoms with Crippen LogP contribution in [0.5, 0.6) is 17.4 Å². The maximum atomic E-state index is 6.14. The lowest BCUT2D eigenvalue weighted by Crippen LogP contribution is -2.23.